The SMILES string of the molecule is O=C(C[C@H]1CNCCO1)N1CCC2(CC1)c1nc[nH]c1CCN2C(=O)C1CC1. The fraction of sp³-hybridized carbons (Fsp3) is 0.750. The third kappa shape index (κ3) is 3.12. The predicted octanol–water partition coefficient (Wildman–Crippen LogP) is 0.401. The molecule has 2 amide bonds. The number of imidazole rings is 1. The number of rotatable bonds is 3. The van der Waals surface area contributed by atoms with Crippen LogP contribution in [0.25, 0.3) is 0 Å². The van der Waals surface area contributed by atoms with E-state index in [1.165, 1.54) is 0 Å². The molecule has 2 saturated heterocycles. The molecule has 4 heterocycles. The Hall–Kier alpha value is -1.93. The molecule has 28 heavy (non-hydrogen) atoms. The number of ether oxygens (including phenoxy) is 1. The molecule has 2 N–H and O–H groups in total. The molecule has 1 aromatic heterocycles. The van der Waals surface area contributed by atoms with Gasteiger partial charge in [0.2, 0.25) is 11.8 Å². The molecule has 4 aliphatic rings. The number of nitrogens with one attached hydrogen (secondary N) is 2. The Bertz CT molecular complexity index is 745. The largest absolute Gasteiger partial charge is 0.375 e. The third-order valence-corrected chi connectivity index (χ3v) is 6.80. The second-order valence-electron chi connectivity index (χ2n) is 8.56. The summed E-state index contributed by atoms with van der Waals surface area (Å²) in [5, 5.41) is 3.28. The van der Waals surface area contributed by atoms with Gasteiger partial charge >= 0.3 is 0 Å². The van der Waals surface area contributed by atoms with Crippen molar-refractivity contribution >= 4 is 11.8 Å². The zero-order valence-corrected chi connectivity index (χ0v) is 16.3. The Labute approximate surface area is 165 Å². The van der Waals surface area contributed by atoms with Gasteiger partial charge in [-0.1, -0.05) is 0 Å². The Balaban J connectivity index is 1.31. The zero-order chi connectivity index (χ0) is 19.1. The molecular weight excluding hydrogens is 358 g/mol. The summed E-state index contributed by atoms with van der Waals surface area (Å²) < 4.78 is 5.69. The molecule has 5 rings (SSSR count). The Morgan fingerprint density at radius 1 is 1.25 bits per heavy atom. The van der Waals surface area contributed by atoms with Crippen molar-refractivity contribution in [1.29, 1.82) is 0 Å². The molecule has 1 aromatic rings. The van der Waals surface area contributed by atoms with Crippen LogP contribution in [0.4, 0.5) is 0 Å². The summed E-state index contributed by atoms with van der Waals surface area (Å²) in [5.74, 6) is 0.643. The van der Waals surface area contributed by atoms with Gasteiger partial charge < -0.3 is 24.8 Å². The summed E-state index contributed by atoms with van der Waals surface area (Å²) in [5.41, 5.74) is 1.83. The minimum Gasteiger partial charge on any atom is -0.375 e. The van der Waals surface area contributed by atoms with Crippen molar-refractivity contribution in [2.45, 2.75) is 50.2 Å². The van der Waals surface area contributed by atoms with Crippen molar-refractivity contribution in [3.63, 3.8) is 0 Å². The lowest BCUT2D eigenvalue weighted by Gasteiger charge is -2.50. The second kappa shape index (κ2) is 7.15. The highest BCUT2D eigenvalue weighted by atomic mass is 16.5. The molecule has 0 bridgehead atoms. The standard InChI is InChI=1S/C20H29N5O3/c26-17(11-15-12-21-6-10-28-15)24-8-4-20(5-9-24)18-16(22-13-23-18)3-7-25(20)19(27)14-1-2-14/h13-15,21H,1-12H2,(H,22,23)/t15-/m0/s1. The molecule has 1 atom stereocenters. The van der Waals surface area contributed by atoms with Gasteiger partial charge in [-0.25, -0.2) is 4.98 Å². The minimum absolute atomic E-state index is 0.0299. The summed E-state index contributed by atoms with van der Waals surface area (Å²) in [6.45, 7) is 4.35. The number of piperidine rings is 1. The highest BCUT2D eigenvalue weighted by molar-refractivity contribution is 5.82. The number of nitrogens with zero attached hydrogens (tertiary/aromatic N) is 3. The van der Waals surface area contributed by atoms with Crippen LogP contribution >= 0.6 is 0 Å². The highest BCUT2D eigenvalue weighted by Gasteiger charge is 2.51. The summed E-state index contributed by atoms with van der Waals surface area (Å²) in [6, 6.07) is 0. The molecule has 0 aromatic carbocycles. The van der Waals surface area contributed by atoms with Gasteiger partial charge in [-0.3, -0.25) is 9.59 Å². The number of amides is 2. The summed E-state index contributed by atoms with van der Waals surface area (Å²) >= 11 is 0. The number of morpholine rings is 1. The van der Waals surface area contributed by atoms with Gasteiger partial charge in [0.15, 0.2) is 0 Å². The van der Waals surface area contributed by atoms with Crippen LogP contribution in [0.3, 0.4) is 0 Å². The van der Waals surface area contributed by atoms with E-state index in [9.17, 15) is 9.59 Å². The summed E-state index contributed by atoms with van der Waals surface area (Å²) in [4.78, 5) is 37.8. The number of hydrogen-bond donors (Lipinski definition) is 2. The van der Waals surface area contributed by atoms with Crippen molar-refractivity contribution in [1.82, 2.24) is 25.1 Å². The molecule has 8 heteroatoms. The molecule has 1 saturated carbocycles. The van der Waals surface area contributed by atoms with E-state index in [2.05, 4.69) is 20.2 Å². The average molecular weight is 387 g/mol. The topological polar surface area (TPSA) is 90.6 Å². The van der Waals surface area contributed by atoms with Gasteiger partial charge in [0.1, 0.15) is 0 Å². The van der Waals surface area contributed by atoms with Crippen LogP contribution in [0.2, 0.25) is 0 Å². The summed E-state index contributed by atoms with van der Waals surface area (Å²) in [7, 11) is 0. The van der Waals surface area contributed by atoms with Crippen LogP contribution < -0.4 is 5.32 Å². The first-order valence-electron chi connectivity index (χ1n) is 10.6. The lowest BCUT2D eigenvalue weighted by atomic mass is 9.78. The van der Waals surface area contributed by atoms with E-state index < -0.39 is 0 Å². The lowest BCUT2D eigenvalue weighted by Crippen LogP contribution is -2.59. The first-order chi connectivity index (χ1) is 13.7. The minimum atomic E-state index is -0.354. The van der Waals surface area contributed by atoms with Gasteiger partial charge in [-0.05, 0) is 25.7 Å². The third-order valence-electron chi connectivity index (χ3n) is 6.80. The molecule has 0 unspecified atom stereocenters. The zero-order valence-electron chi connectivity index (χ0n) is 16.3. The van der Waals surface area contributed by atoms with Crippen LogP contribution in [-0.2, 0) is 26.3 Å². The van der Waals surface area contributed by atoms with Crippen molar-refractivity contribution in [2.24, 2.45) is 5.92 Å². The lowest BCUT2D eigenvalue weighted by molar-refractivity contribution is -0.146. The van der Waals surface area contributed by atoms with Crippen molar-refractivity contribution < 1.29 is 14.3 Å². The number of aromatic nitrogens is 2. The van der Waals surface area contributed by atoms with E-state index in [1.54, 1.807) is 6.33 Å². The molecular formula is C20H29N5O3. The normalized spacial score (nSPS) is 26.9. The average Bonchev–Trinajstić information content (AvgIpc) is 3.46. The maximum Gasteiger partial charge on any atom is 0.226 e. The van der Waals surface area contributed by atoms with E-state index >= 15 is 0 Å². The van der Waals surface area contributed by atoms with Crippen LogP contribution in [-0.4, -0.2) is 77.0 Å². The molecule has 1 aliphatic carbocycles. The quantitative estimate of drug-likeness (QED) is 0.784. The number of likely N-dealkylation sites (tertiary alicyclic amines) is 1. The summed E-state index contributed by atoms with van der Waals surface area (Å²) in [6.07, 6.45) is 6.54. The van der Waals surface area contributed by atoms with E-state index in [0.29, 0.717) is 26.1 Å². The Kier molecular flexibility index (Phi) is 4.63. The molecule has 1 spiro atoms. The first-order valence-corrected chi connectivity index (χ1v) is 10.6. The maximum absolute atomic E-state index is 13.0. The van der Waals surface area contributed by atoms with Crippen LogP contribution in [0.15, 0.2) is 6.33 Å². The maximum atomic E-state index is 13.0. The van der Waals surface area contributed by atoms with Gasteiger partial charge in [0.25, 0.3) is 0 Å². The van der Waals surface area contributed by atoms with Gasteiger partial charge in [0.05, 0.1) is 36.7 Å². The fourth-order valence-electron chi connectivity index (χ4n) is 5.06. The second-order valence-corrected chi connectivity index (χ2v) is 8.56. The van der Waals surface area contributed by atoms with E-state index in [1.807, 2.05) is 4.90 Å². The first kappa shape index (κ1) is 18.1. The van der Waals surface area contributed by atoms with E-state index in [0.717, 1.165) is 63.1 Å². The number of carbonyl (C=O) groups excluding carboxylic acids is 2. The smallest absolute Gasteiger partial charge is 0.226 e. The monoisotopic (exact) mass is 387 g/mol. The number of fused-ring (bicyclic) bond motifs is 2. The molecule has 0 radical (unpaired) electrons. The van der Waals surface area contributed by atoms with Gasteiger partial charge in [0, 0.05) is 50.8 Å². The fourth-order valence-corrected chi connectivity index (χ4v) is 5.06. The molecule has 8 nitrogen and oxygen atoms in total. The number of hydrogen-bond acceptors (Lipinski definition) is 5. The van der Waals surface area contributed by atoms with Crippen LogP contribution in [0.5, 0.6) is 0 Å². The predicted molar refractivity (Wildman–Crippen MR) is 101 cm³/mol. The van der Waals surface area contributed by atoms with Crippen molar-refractivity contribution in [3.05, 3.63) is 17.7 Å². The number of H-pyrrole nitrogens is 1. The Morgan fingerprint density at radius 3 is 2.79 bits per heavy atom. The Morgan fingerprint density at radius 2 is 2.07 bits per heavy atom. The molecule has 3 aliphatic heterocycles. The highest BCUT2D eigenvalue weighted by Crippen LogP contribution is 2.45. The molecule has 152 valence electrons. The molecule has 3 fully saturated rings. The van der Waals surface area contributed by atoms with Crippen molar-refractivity contribution in [2.75, 3.05) is 39.3 Å². The van der Waals surface area contributed by atoms with Gasteiger partial charge in [-0.2, -0.15) is 0 Å². The van der Waals surface area contributed by atoms with E-state index in [-0.39, 0.29) is 29.4 Å². The van der Waals surface area contributed by atoms with Crippen LogP contribution in [0, 0.1) is 5.92 Å². The van der Waals surface area contributed by atoms with Crippen molar-refractivity contribution in [3.8, 4) is 0 Å². The van der Waals surface area contributed by atoms with Crippen LogP contribution in [0.1, 0.15) is 43.5 Å². The van der Waals surface area contributed by atoms with Gasteiger partial charge in [-0.15, -0.1) is 0 Å². The number of aromatic amines is 1. The van der Waals surface area contributed by atoms with E-state index in [4.69, 9.17) is 4.74 Å². The number of carbonyl (C=O) groups is 2.